The summed E-state index contributed by atoms with van der Waals surface area (Å²) in [5, 5.41) is 8.81. The minimum absolute atomic E-state index is 0.369. The molecule has 1 rings (SSSR count). The minimum Gasteiger partial charge on any atom is -0.493 e. The summed E-state index contributed by atoms with van der Waals surface area (Å²) in [5.41, 5.74) is 0.815. The van der Waals surface area contributed by atoms with Gasteiger partial charge >= 0.3 is 0 Å². The van der Waals surface area contributed by atoms with Gasteiger partial charge in [-0.25, -0.2) is 0 Å². The number of hydrogen-bond acceptors (Lipinski definition) is 3. The average Bonchev–Trinajstić information content (AvgIpc) is 2.27. The summed E-state index contributed by atoms with van der Waals surface area (Å²) in [6, 6.07) is 5.65. The summed E-state index contributed by atoms with van der Waals surface area (Å²) in [4.78, 5) is -0.369. The Hall–Kier alpha value is -0.730. The van der Waals surface area contributed by atoms with E-state index in [1.54, 1.807) is 26.4 Å². The van der Waals surface area contributed by atoms with Crippen LogP contribution in [0.15, 0.2) is 16.6 Å². The zero-order valence-electron chi connectivity index (χ0n) is 8.25. The number of ether oxygens (including phenoxy) is 2. The Labute approximate surface area is 105 Å². The van der Waals surface area contributed by atoms with Gasteiger partial charge < -0.3 is 9.47 Å². The first-order chi connectivity index (χ1) is 7.13. The maximum absolute atomic E-state index is 8.81. The van der Waals surface area contributed by atoms with Crippen LogP contribution < -0.4 is 9.47 Å². The fourth-order valence-corrected chi connectivity index (χ4v) is 2.37. The lowest BCUT2D eigenvalue weighted by Gasteiger charge is -2.12. The van der Waals surface area contributed by atoms with E-state index in [9.17, 15) is 0 Å². The van der Waals surface area contributed by atoms with E-state index in [2.05, 4.69) is 37.9 Å². The van der Waals surface area contributed by atoms with Gasteiger partial charge in [0.05, 0.1) is 20.3 Å². The van der Waals surface area contributed by atoms with Crippen LogP contribution in [0.1, 0.15) is 10.4 Å². The van der Waals surface area contributed by atoms with E-state index >= 15 is 0 Å². The van der Waals surface area contributed by atoms with Crippen molar-refractivity contribution in [3.63, 3.8) is 0 Å². The first kappa shape index (κ1) is 12.3. The first-order valence-electron chi connectivity index (χ1n) is 4.09. The van der Waals surface area contributed by atoms with Crippen LogP contribution in [-0.2, 0) is 0 Å². The van der Waals surface area contributed by atoms with Crippen molar-refractivity contribution in [1.82, 2.24) is 0 Å². The molecule has 0 spiro atoms. The van der Waals surface area contributed by atoms with Crippen molar-refractivity contribution in [2.24, 2.45) is 0 Å². The molecule has 0 saturated carbocycles. The van der Waals surface area contributed by atoms with Gasteiger partial charge in [0.2, 0.25) is 0 Å². The van der Waals surface area contributed by atoms with E-state index in [1.165, 1.54) is 0 Å². The van der Waals surface area contributed by atoms with Crippen molar-refractivity contribution in [3.8, 4) is 17.6 Å². The highest BCUT2D eigenvalue weighted by Crippen LogP contribution is 2.38. The zero-order chi connectivity index (χ0) is 11.4. The van der Waals surface area contributed by atoms with Gasteiger partial charge in [-0.1, -0.05) is 31.9 Å². The lowest BCUT2D eigenvalue weighted by Crippen LogP contribution is -1.95. The fraction of sp³-hybridized carbons (Fsp3) is 0.300. The van der Waals surface area contributed by atoms with Crippen molar-refractivity contribution >= 4 is 31.9 Å². The van der Waals surface area contributed by atoms with E-state index < -0.39 is 0 Å². The molecule has 0 saturated heterocycles. The molecule has 0 bridgehead atoms. The van der Waals surface area contributed by atoms with Crippen LogP contribution >= 0.6 is 31.9 Å². The van der Waals surface area contributed by atoms with Crippen molar-refractivity contribution in [2.45, 2.75) is 4.83 Å². The molecule has 0 aromatic heterocycles. The van der Waals surface area contributed by atoms with Crippen molar-refractivity contribution in [3.05, 3.63) is 22.2 Å². The van der Waals surface area contributed by atoms with Gasteiger partial charge in [-0.2, -0.15) is 5.26 Å². The SMILES string of the molecule is COc1cc(Br)c([C@H](Br)C#N)cc1OC. The van der Waals surface area contributed by atoms with Gasteiger partial charge in [-0.15, -0.1) is 0 Å². The lowest BCUT2D eigenvalue weighted by atomic mass is 10.1. The Kier molecular flexibility index (Phi) is 4.43. The molecule has 0 aliphatic carbocycles. The van der Waals surface area contributed by atoms with Crippen molar-refractivity contribution < 1.29 is 9.47 Å². The Morgan fingerprint density at radius 1 is 1.27 bits per heavy atom. The molecule has 0 aliphatic heterocycles. The Bertz CT molecular complexity index is 401. The Morgan fingerprint density at radius 2 is 1.80 bits per heavy atom. The van der Waals surface area contributed by atoms with Gasteiger partial charge in [0.25, 0.3) is 0 Å². The molecule has 3 nitrogen and oxygen atoms in total. The van der Waals surface area contributed by atoms with Gasteiger partial charge in [0, 0.05) is 4.47 Å². The molecule has 80 valence electrons. The smallest absolute Gasteiger partial charge is 0.161 e. The first-order valence-corrected chi connectivity index (χ1v) is 5.80. The van der Waals surface area contributed by atoms with Crippen molar-refractivity contribution in [1.29, 1.82) is 5.26 Å². The number of methoxy groups -OCH3 is 2. The Morgan fingerprint density at radius 3 is 2.27 bits per heavy atom. The summed E-state index contributed by atoms with van der Waals surface area (Å²) in [7, 11) is 3.13. The summed E-state index contributed by atoms with van der Waals surface area (Å²) in [5.74, 6) is 1.24. The number of hydrogen-bond donors (Lipinski definition) is 0. The van der Waals surface area contributed by atoms with E-state index in [-0.39, 0.29) is 4.83 Å². The zero-order valence-corrected chi connectivity index (χ0v) is 11.4. The monoisotopic (exact) mass is 333 g/mol. The highest BCUT2D eigenvalue weighted by molar-refractivity contribution is 9.11. The standard InChI is InChI=1S/C10H9Br2NO2/c1-14-9-3-6(8(12)5-13)7(11)4-10(9)15-2/h3-4,8H,1-2H3/t8-/m1/s1. The second-order valence-corrected chi connectivity index (χ2v) is 4.49. The second-order valence-electron chi connectivity index (χ2n) is 2.72. The predicted octanol–water partition coefficient (Wildman–Crippen LogP) is 3.43. The van der Waals surface area contributed by atoms with Crippen molar-refractivity contribution in [2.75, 3.05) is 14.2 Å². The quantitative estimate of drug-likeness (QED) is 0.795. The Balaban J connectivity index is 3.27. The van der Waals surface area contributed by atoms with Crippen LogP contribution in [0.4, 0.5) is 0 Å². The molecule has 0 aliphatic rings. The largest absolute Gasteiger partial charge is 0.493 e. The third-order valence-corrected chi connectivity index (χ3v) is 3.27. The molecule has 0 heterocycles. The third kappa shape index (κ3) is 2.64. The van der Waals surface area contributed by atoms with Crippen LogP contribution in [0.3, 0.4) is 0 Å². The summed E-state index contributed by atoms with van der Waals surface area (Å²) in [6.45, 7) is 0. The third-order valence-electron chi connectivity index (χ3n) is 1.89. The van der Waals surface area contributed by atoms with E-state index in [0.29, 0.717) is 11.5 Å². The summed E-state index contributed by atoms with van der Waals surface area (Å²) < 4.78 is 11.1. The molecule has 0 fully saturated rings. The highest BCUT2D eigenvalue weighted by Gasteiger charge is 2.15. The van der Waals surface area contributed by atoms with Crippen LogP contribution in [0.2, 0.25) is 0 Å². The fourth-order valence-electron chi connectivity index (χ4n) is 1.13. The predicted molar refractivity (Wildman–Crippen MR) is 64.5 cm³/mol. The molecule has 5 heteroatoms. The van der Waals surface area contributed by atoms with Gasteiger partial charge in [-0.05, 0) is 17.7 Å². The molecular weight excluding hydrogens is 326 g/mol. The molecule has 1 aromatic carbocycles. The molecule has 0 N–H and O–H groups in total. The van der Waals surface area contributed by atoms with Crippen LogP contribution in [-0.4, -0.2) is 14.2 Å². The molecular formula is C10H9Br2NO2. The number of rotatable bonds is 3. The normalized spacial score (nSPS) is 11.7. The molecule has 15 heavy (non-hydrogen) atoms. The van der Waals surface area contributed by atoms with Gasteiger partial charge in [-0.3, -0.25) is 0 Å². The van der Waals surface area contributed by atoms with Gasteiger partial charge in [0.15, 0.2) is 11.5 Å². The van der Waals surface area contributed by atoms with Crippen LogP contribution in [0, 0.1) is 11.3 Å². The number of benzene rings is 1. The average molecular weight is 335 g/mol. The van der Waals surface area contributed by atoms with E-state index in [4.69, 9.17) is 14.7 Å². The lowest BCUT2D eigenvalue weighted by molar-refractivity contribution is 0.354. The minimum atomic E-state index is -0.369. The van der Waals surface area contributed by atoms with Crippen LogP contribution in [0.5, 0.6) is 11.5 Å². The van der Waals surface area contributed by atoms with Crippen LogP contribution in [0.25, 0.3) is 0 Å². The number of nitrogens with zero attached hydrogens (tertiary/aromatic N) is 1. The number of halogens is 2. The maximum atomic E-state index is 8.81. The second kappa shape index (κ2) is 5.38. The maximum Gasteiger partial charge on any atom is 0.161 e. The topological polar surface area (TPSA) is 42.2 Å². The van der Waals surface area contributed by atoms with E-state index in [1.807, 2.05) is 0 Å². The van der Waals surface area contributed by atoms with E-state index in [0.717, 1.165) is 10.0 Å². The molecule has 1 aromatic rings. The number of alkyl halides is 1. The summed E-state index contributed by atoms with van der Waals surface area (Å²) >= 11 is 6.63. The van der Waals surface area contributed by atoms with Gasteiger partial charge in [0.1, 0.15) is 4.83 Å². The molecule has 0 radical (unpaired) electrons. The number of nitriles is 1. The summed E-state index contributed by atoms with van der Waals surface area (Å²) in [6.07, 6.45) is 0. The highest BCUT2D eigenvalue weighted by atomic mass is 79.9. The molecule has 0 amide bonds. The molecule has 0 unspecified atom stereocenters. The molecule has 1 atom stereocenters.